The van der Waals surface area contributed by atoms with Crippen LogP contribution in [0.3, 0.4) is 0 Å². The lowest BCUT2D eigenvalue weighted by molar-refractivity contribution is -0.134. The van der Waals surface area contributed by atoms with Gasteiger partial charge in [0.15, 0.2) is 0 Å². The molecule has 0 radical (unpaired) electrons. The van der Waals surface area contributed by atoms with E-state index in [1.54, 1.807) is 43.3 Å². The van der Waals surface area contributed by atoms with Crippen molar-refractivity contribution in [2.45, 2.75) is 13.0 Å². The summed E-state index contributed by atoms with van der Waals surface area (Å²) < 4.78 is 5.73. The minimum atomic E-state index is -0.553. The zero-order valence-electron chi connectivity index (χ0n) is 16.5. The summed E-state index contributed by atoms with van der Waals surface area (Å²) in [5.74, 6) is 0.516. The van der Waals surface area contributed by atoms with E-state index in [0.717, 1.165) is 25.4 Å². The topological polar surface area (TPSA) is 61.9 Å². The predicted octanol–water partition coefficient (Wildman–Crippen LogP) is 2.68. The molecule has 1 atom stereocenters. The normalized spacial score (nSPS) is 15.6. The SMILES string of the molecule is C[C@@H](NC(=O)c1ccccc1)C(=O)N1CCN(CCOc2ccc(Cl)cc2)CC1. The fraction of sp³-hybridized carbons (Fsp3) is 0.364. The molecule has 1 aliphatic heterocycles. The van der Waals surface area contributed by atoms with Gasteiger partial charge in [0, 0.05) is 43.3 Å². The number of piperazine rings is 1. The summed E-state index contributed by atoms with van der Waals surface area (Å²) in [6.07, 6.45) is 0. The van der Waals surface area contributed by atoms with E-state index in [1.807, 2.05) is 23.1 Å². The molecule has 2 aromatic carbocycles. The average Bonchev–Trinajstić information content (AvgIpc) is 2.75. The first-order chi connectivity index (χ1) is 14.0. The Morgan fingerprint density at radius 2 is 1.69 bits per heavy atom. The third-order valence-corrected chi connectivity index (χ3v) is 5.18. The van der Waals surface area contributed by atoms with E-state index in [0.29, 0.717) is 30.3 Å². The number of rotatable bonds is 7. The van der Waals surface area contributed by atoms with Gasteiger partial charge in [-0.1, -0.05) is 29.8 Å². The zero-order valence-corrected chi connectivity index (χ0v) is 17.3. The van der Waals surface area contributed by atoms with E-state index >= 15 is 0 Å². The number of hydrogen-bond donors (Lipinski definition) is 1. The molecule has 0 aromatic heterocycles. The number of carbonyl (C=O) groups is 2. The van der Waals surface area contributed by atoms with Gasteiger partial charge in [0.1, 0.15) is 18.4 Å². The molecule has 1 fully saturated rings. The highest BCUT2D eigenvalue weighted by Crippen LogP contribution is 2.15. The van der Waals surface area contributed by atoms with Crippen LogP contribution in [0, 0.1) is 0 Å². The molecule has 3 rings (SSSR count). The second-order valence-corrected chi connectivity index (χ2v) is 7.47. The third kappa shape index (κ3) is 6.21. The molecule has 7 heteroatoms. The number of nitrogens with one attached hydrogen (secondary N) is 1. The van der Waals surface area contributed by atoms with Gasteiger partial charge in [-0.2, -0.15) is 0 Å². The Kier molecular flexibility index (Phi) is 7.49. The Labute approximate surface area is 176 Å². The zero-order chi connectivity index (χ0) is 20.6. The molecular weight excluding hydrogens is 390 g/mol. The van der Waals surface area contributed by atoms with Crippen molar-refractivity contribution in [1.29, 1.82) is 0 Å². The maximum Gasteiger partial charge on any atom is 0.251 e. The summed E-state index contributed by atoms with van der Waals surface area (Å²) in [6, 6.07) is 15.7. The van der Waals surface area contributed by atoms with E-state index in [1.165, 1.54) is 0 Å². The number of nitrogens with zero attached hydrogens (tertiary/aromatic N) is 2. The lowest BCUT2D eigenvalue weighted by Gasteiger charge is -2.35. The maximum atomic E-state index is 12.7. The van der Waals surface area contributed by atoms with Crippen LogP contribution in [0.5, 0.6) is 5.75 Å². The van der Waals surface area contributed by atoms with Crippen molar-refractivity contribution < 1.29 is 14.3 Å². The van der Waals surface area contributed by atoms with E-state index in [2.05, 4.69) is 10.2 Å². The molecule has 1 heterocycles. The van der Waals surface area contributed by atoms with Crippen molar-refractivity contribution >= 4 is 23.4 Å². The second kappa shape index (κ2) is 10.3. The molecule has 1 N–H and O–H groups in total. The van der Waals surface area contributed by atoms with E-state index in [-0.39, 0.29) is 11.8 Å². The van der Waals surface area contributed by atoms with Crippen molar-refractivity contribution in [3.8, 4) is 5.75 Å². The first kappa shape index (κ1) is 21.1. The highest BCUT2D eigenvalue weighted by Gasteiger charge is 2.26. The maximum absolute atomic E-state index is 12.7. The van der Waals surface area contributed by atoms with Gasteiger partial charge < -0.3 is 15.0 Å². The Morgan fingerprint density at radius 1 is 1.03 bits per heavy atom. The lowest BCUT2D eigenvalue weighted by atomic mass is 10.2. The van der Waals surface area contributed by atoms with Crippen LogP contribution in [0.1, 0.15) is 17.3 Å². The lowest BCUT2D eigenvalue weighted by Crippen LogP contribution is -2.54. The van der Waals surface area contributed by atoms with Crippen molar-refractivity contribution in [3.05, 3.63) is 65.2 Å². The largest absolute Gasteiger partial charge is 0.492 e. The molecule has 29 heavy (non-hydrogen) atoms. The van der Waals surface area contributed by atoms with Crippen LogP contribution in [0.25, 0.3) is 0 Å². The van der Waals surface area contributed by atoms with Gasteiger partial charge in [-0.25, -0.2) is 0 Å². The number of hydrogen-bond acceptors (Lipinski definition) is 4. The van der Waals surface area contributed by atoms with Crippen molar-refractivity contribution in [3.63, 3.8) is 0 Å². The molecule has 1 saturated heterocycles. The molecule has 0 unspecified atom stereocenters. The highest BCUT2D eigenvalue weighted by molar-refractivity contribution is 6.30. The van der Waals surface area contributed by atoms with E-state index < -0.39 is 6.04 Å². The van der Waals surface area contributed by atoms with Gasteiger partial charge in [0.05, 0.1) is 0 Å². The molecule has 2 aromatic rings. The summed E-state index contributed by atoms with van der Waals surface area (Å²) in [5, 5.41) is 3.48. The van der Waals surface area contributed by atoms with Gasteiger partial charge in [-0.05, 0) is 43.3 Å². The molecule has 6 nitrogen and oxygen atoms in total. The molecule has 0 aliphatic carbocycles. The van der Waals surface area contributed by atoms with Crippen LogP contribution in [-0.2, 0) is 4.79 Å². The number of ether oxygens (including phenoxy) is 1. The quantitative estimate of drug-likeness (QED) is 0.755. The smallest absolute Gasteiger partial charge is 0.251 e. The monoisotopic (exact) mass is 415 g/mol. The number of halogens is 1. The summed E-state index contributed by atoms with van der Waals surface area (Å²) in [6.45, 7) is 5.97. The first-order valence-electron chi connectivity index (χ1n) is 9.78. The van der Waals surface area contributed by atoms with Gasteiger partial charge in [-0.15, -0.1) is 0 Å². The molecule has 2 amide bonds. The molecule has 0 saturated carbocycles. The van der Waals surface area contributed by atoms with E-state index in [4.69, 9.17) is 16.3 Å². The third-order valence-electron chi connectivity index (χ3n) is 4.93. The van der Waals surface area contributed by atoms with Gasteiger partial charge in [-0.3, -0.25) is 14.5 Å². The first-order valence-corrected chi connectivity index (χ1v) is 10.2. The number of carbonyl (C=O) groups excluding carboxylic acids is 2. The fourth-order valence-corrected chi connectivity index (χ4v) is 3.35. The molecule has 154 valence electrons. The van der Waals surface area contributed by atoms with Crippen LogP contribution >= 0.6 is 11.6 Å². The van der Waals surface area contributed by atoms with Crippen LogP contribution < -0.4 is 10.1 Å². The number of amides is 2. The Balaban J connectivity index is 1.38. The van der Waals surface area contributed by atoms with Crippen molar-refractivity contribution in [2.24, 2.45) is 0 Å². The molecule has 0 spiro atoms. The van der Waals surface area contributed by atoms with Gasteiger partial charge in [0.2, 0.25) is 5.91 Å². The van der Waals surface area contributed by atoms with Gasteiger partial charge >= 0.3 is 0 Å². The van der Waals surface area contributed by atoms with Crippen molar-refractivity contribution in [2.75, 3.05) is 39.3 Å². The summed E-state index contributed by atoms with van der Waals surface area (Å²) >= 11 is 5.87. The summed E-state index contributed by atoms with van der Waals surface area (Å²) in [5.41, 5.74) is 0.553. The van der Waals surface area contributed by atoms with Crippen LogP contribution in [0.4, 0.5) is 0 Å². The molecular formula is C22H26ClN3O3. The standard InChI is InChI=1S/C22H26ClN3O3/c1-17(24-21(27)18-5-3-2-4-6-18)22(28)26-13-11-25(12-14-26)15-16-29-20-9-7-19(23)8-10-20/h2-10,17H,11-16H2,1H3,(H,24,27)/t17-/m1/s1. The van der Waals surface area contributed by atoms with E-state index in [9.17, 15) is 9.59 Å². The van der Waals surface area contributed by atoms with Crippen LogP contribution in [-0.4, -0.2) is 67.0 Å². The van der Waals surface area contributed by atoms with Crippen LogP contribution in [0.15, 0.2) is 54.6 Å². The average molecular weight is 416 g/mol. The minimum Gasteiger partial charge on any atom is -0.492 e. The summed E-state index contributed by atoms with van der Waals surface area (Å²) in [7, 11) is 0. The molecule has 0 bridgehead atoms. The summed E-state index contributed by atoms with van der Waals surface area (Å²) in [4.78, 5) is 29.0. The highest BCUT2D eigenvalue weighted by atomic mass is 35.5. The number of benzene rings is 2. The minimum absolute atomic E-state index is 0.0497. The Morgan fingerprint density at radius 3 is 2.34 bits per heavy atom. The van der Waals surface area contributed by atoms with Gasteiger partial charge in [0.25, 0.3) is 5.91 Å². The van der Waals surface area contributed by atoms with Crippen molar-refractivity contribution in [1.82, 2.24) is 15.1 Å². The molecule has 1 aliphatic rings. The predicted molar refractivity (Wildman–Crippen MR) is 113 cm³/mol. The Hall–Kier alpha value is -2.57. The second-order valence-electron chi connectivity index (χ2n) is 7.03. The Bertz CT molecular complexity index is 806. The van der Waals surface area contributed by atoms with Crippen LogP contribution in [0.2, 0.25) is 5.02 Å². The fourth-order valence-electron chi connectivity index (χ4n) is 3.22.